The summed E-state index contributed by atoms with van der Waals surface area (Å²) in [5.74, 6) is 0.874. The molecule has 2 atom stereocenters. The molecule has 0 aromatic carbocycles. The van der Waals surface area contributed by atoms with E-state index in [2.05, 4.69) is 13.8 Å². The van der Waals surface area contributed by atoms with Gasteiger partial charge in [0.25, 0.3) is 0 Å². The van der Waals surface area contributed by atoms with Gasteiger partial charge in [-0.05, 0) is 32.6 Å². The molecule has 1 heterocycles. The van der Waals surface area contributed by atoms with Crippen molar-refractivity contribution in [2.45, 2.75) is 53.1 Å². The van der Waals surface area contributed by atoms with Crippen LogP contribution >= 0.6 is 0 Å². The fourth-order valence-electron chi connectivity index (χ4n) is 2.09. The topological polar surface area (TPSA) is 46.6 Å². The summed E-state index contributed by atoms with van der Waals surface area (Å²) in [4.78, 5) is 25.3. The Kier molecular flexibility index (Phi) is 4.77. The third kappa shape index (κ3) is 4.67. The molecular weight excluding hydrogens is 230 g/mol. The first kappa shape index (κ1) is 15.0. The minimum absolute atomic E-state index is 0.0667. The Morgan fingerprint density at radius 3 is 2.06 bits per heavy atom. The highest BCUT2D eigenvalue weighted by Crippen LogP contribution is 2.22. The molecule has 0 radical (unpaired) electrons. The van der Waals surface area contributed by atoms with E-state index in [1.54, 1.807) is 0 Å². The number of rotatable bonds is 3. The van der Waals surface area contributed by atoms with Crippen LogP contribution in [0.15, 0.2) is 0 Å². The van der Waals surface area contributed by atoms with Gasteiger partial charge >= 0.3 is 5.97 Å². The number of ether oxygens (including phenoxy) is 1. The van der Waals surface area contributed by atoms with Crippen LogP contribution in [0.2, 0.25) is 0 Å². The largest absolute Gasteiger partial charge is 0.460 e. The highest BCUT2D eigenvalue weighted by Gasteiger charge is 2.29. The number of hydrogen-bond donors (Lipinski definition) is 0. The molecule has 0 N–H and O–H groups in total. The lowest BCUT2D eigenvalue weighted by Crippen LogP contribution is -2.30. The van der Waals surface area contributed by atoms with Gasteiger partial charge in [-0.3, -0.25) is 9.59 Å². The summed E-state index contributed by atoms with van der Waals surface area (Å²) in [5, 5.41) is 0. The van der Waals surface area contributed by atoms with E-state index in [0.29, 0.717) is 11.8 Å². The lowest BCUT2D eigenvalue weighted by Gasteiger charge is -2.20. The van der Waals surface area contributed by atoms with Crippen molar-refractivity contribution in [2.75, 3.05) is 13.1 Å². The summed E-state index contributed by atoms with van der Waals surface area (Å²) in [6, 6.07) is 0. The number of nitrogens with zero attached hydrogens (tertiary/aromatic N) is 1. The van der Waals surface area contributed by atoms with E-state index in [4.69, 9.17) is 4.74 Å². The summed E-state index contributed by atoms with van der Waals surface area (Å²) in [6.45, 7) is 11.4. The Balaban J connectivity index is 2.32. The normalized spacial score (nSPS) is 24.2. The molecule has 1 aliphatic rings. The lowest BCUT2D eigenvalue weighted by molar-refractivity contribution is -0.156. The van der Waals surface area contributed by atoms with E-state index in [9.17, 15) is 9.59 Å². The Morgan fingerprint density at radius 1 is 1.11 bits per heavy atom. The first-order valence-corrected chi connectivity index (χ1v) is 6.68. The molecule has 4 heteroatoms. The zero-order chi connectivity index (χ0) is 13.9. The van der Waals surface area contributed by atoms with Gasteiger partial charge in [-0.15, -0.1) is 0 Å². The van der Waals surface area contributed by atoms with Gasteiger partial charge in [-0.1, -0.05) is 13.8 Å². The van der Waals surface area contributed by atoms with Gasteiger partial charge in [-0.25, -0.2) is 0 Å². The fraction of sp³-hybridized carbons (Fsp3) is 0.857. The number of esters is 1. The zero-order valence-corrected chi connectivity index (χ0v) is 12.2. The fourth-order valence-corrected chi connectivity index (χ4v) is 2.09. The number of hydrogen-bond acceptors (Lipinski definition) is 3. The van der Waals surface area contributed by atoms with Crippen molar-refractivity contribution in [2.24, 2.45) is 11.8 Å². The van der Waals surface area contributed by atoms with E-state index < -0.39 is 5.60 Å². The minimum atomic E-state index is -0.475. The molecule has 2 unspecified atom stereocenters. The van der Waals surface area contributed by atoms with Gasteiger partial charge in [-0.2, -0.15) is 0 Å². The lowest BCUT2D eigenvalue weighted by atomic mass is 10.0. The van der Waals surface area contributed by atoms with Crippen LogP contribution in [-0.4, -0.2) is 35.5 Å². The second-order valence-electron chi connectivity index (χ2n) is 6.34. The third-order valence-corrected chi connectivity index (χ3v) is 3.30. The predicted molar refractivity (Wildman–Crippen MR) is 70.0 cm³/mol. The maximum absolute atomic E-state index is 11.9. The number of carbonyl (C=O) groups is 2. The number of likely N-dealkylation sites (tertiary alicyclic amines) is 1. The molecule has 0 spiro atoms. The summed E-state index contributed by atoms with van der Waals surface area (Å²) in [6.07, 6.45) is 0.434. The number of amides is 1. The monoisotopic (exact) mass is 255 g/mol. The van der Waals surface area contributed by atoms with Crippen LogP contribution in [0.1, 0.15) is 47.5 Å². The van der Waals surface area contributed by atoms with Gasteiger partial charge in [0, 0.05) is 19.5 Å². The van der Waals surface area contributed by atoms with Crippen molar-refractivity contribution in [3.8, 4) is 0 Å². The van der Waals surface area contributed by atoms with Gasteiger partial charge in [0.05, 0.1) is 6.42 Å². The van der Waals surface area contributed by atoms with Crippen LogP contribution in [0.5, 0.6) is 0 Å². The van der Waals surface area contributed by atoms with Gasteiger partial charge in [0.2, 0.25) is 5.91 Å². The second kappa shape index (κ2) is 5.72. The van der Waals surface area contributed by atoms with Gasteiger partial charge < -0.3 is 9.64 Å². The molecule has 1 aliphatic heterocycles. The van der Waals surface area contributed by atoms with Crippen molar-refractivity contribution < 1.29 is 14.3 Å². The molecule has 0 saturated carbocycles. The molecule has 104 valence electrons. The smallest absolute Gasteiger partial charge is 0.306 e. The molecule has 1 saturated heterocycles. The summed E-state index contributed by atoms with van der Waals surface area (Å²) in [7, 11) is 0. The Bertz CT molecular complexity index is 309. The first-order chi connectivity index (χ1) is 8.19. The van der Waals surface area contributed by atoms with Crippen LogP contribution in [0.3, 0.4) is 0 Å². The van der Waals surface area contributed by atoms with E-state index in [1.165, 1.54) is 0 Å². The van der Waals surface area contributed by atoms with E-state index in [1.807, 2.05) is 25.7 Å². The Hall–Kier alpha value is -1.06. The predicted octanol–water partition coefficient (Wildman–Crippen LogP) is 2.22. The van der Waals surface area contributed by atoms with Crippen LogP contribution in [0.4, 0.5) is 0 Å². The highest BCUT2D eigenvalue weighted by molar-refractivity contribution is 5.81. The molecule has 0 bridgehead atoms. The standard InChI is InChI=1S/C14H25NO3/c1-10-8-15(9-11(10)2)12(16)6-7-13(17)18-14(3,4)5/h10-11H,6-9H2,1-5H3. The van der Waals surface area contributed by atoms with Crippen molar-refractivity contribution in [3.05, 3.63) is 0 Å². The summed E-state index contributed by atoms with van der Waals surface area (Å²) in [5.41, 5.74) is -0.475. The second-order valence-corrected chi connectivity index (χ2v) is 6.34. The summed E-state index contributed by atoms with van der Waals surface area (Å²) >= 11 is 0. The van der Waals surface area contributed by atoms with E-state index >= 15 is 0 Å². The summed E-state index contributed by atoms with van der Waals surface area (Å²) < 4.78 is 5.18. The minimum Gasteiger partial charge on any atom is -0.460 e. The Labute approximate surface area is 110 Å². The molecule has 1 amide bonds. The highest BCUT2D eigenvalue weighted by atomic mass is 16.6. The van der Waals surface area contributed by atoms with Crippen molar-refractivity contribution in [3.63, 3.8) is 0 Å². The van der Waals surface area contributed by atoms with Gasteiger partial charge in [0.1, 0.15) is 5.60 Å². The average Bonchev–Trinajstić information content (AvgIpc) is 2.53. The van der Waals surface area contributed by atoms with Crippen LogP contribution in [-0.2, 0) is 14.3 Å². The number of carbonyl (C=O) groups excluding carboxylic acids is 2. The maximum Gasteiger partial charge on any atom is 0.306 e. The third-order valence-electron chi connectivity index (χ3n) is 3.30. The molecule has 18 heavy (non-hydrogen) atoms. The van der Waals surface area contributed by atoms with Crippen LogP contribution in [0.25, 0.3) is 0 Å². The molecule has 0 aromatic heterocycles. The quantitative estimate of drug-likeness (QED) is 0.726. The molecule has 1 fully saturated rings. The molecule has 1 rings (SSSR count). The SMILES string of the molecule is CC1CN(C(=O)CCC(=O)OC(C)(C)C)CC1C. The van der Waals surface area contributed by atoms with Gasteiger partial charge in [0.15, 0.2) is 0 Å². The van der Waals surface area contributed by atoms with Crippen molar-refractivity contribution >= 4 is 11.9 Å². The maximum atomic E-state index is 11.9. The average molecular weight is 255 g/mol. The van der Waals surface area contributed by atoms with Crippen LogP contribution < -0.4 is 0 Å². The molecule has 4 nitrogen and oxygen atoms in total. The first-order valence-electron chi connectivity index (χ1n) is 6.68. The van der Waals surface area contributed by atoms with E-state index in [-0.39, 0.29) is 24.7 Å². The zero-order valence-electron chi connectivity index (χ0n) is 12.2. The van der Waals surface area contributed by atoms with E-state index in [0.717, 1.165) is 13.1 Å². The molecule has 0 aliphatic carbocycles. The van der Waals surface area contributed by atoms with Crippen molar-refractivity contribution in [1.29, 1.82) is 0 Å². The van der Waals surface area contributed by atoms with Crippen LogP contribution in [0, 0.1) is 11.8 Å². The molecule has 0 aromatic rings. The van der Waals surface area contributed by atoms with Crippen molar-refractivity contribution in [1.82, 2.24) is 4.90 Å². The molecular formula is C14H25NO3. The Morgan fingerprint density at radius 2 is 1.61 bits per heavy atom.